The van der Waals surface area contributed by atoms with Crippen LogP contribution in [0.1, 0.15) is 43.9 Å². The van der Waals surface area contributed by atoms with Crippen molar-refractivity contribution in [2.24, 2.45) is 5.92 Å². The van der Waals surface area contributed by atoms with Crippen LogP contribution in [0.2, 0.25) is 0 Å². The molecule has 1 unspecified atom stereocenters. The van der Waals surface area contributed by atoms with Gasteiger partial charge in [-0.2, -0.15) is 0 Å². The number of rotatable bonds is 6. The first-order valence-electron chi connectivity index (χ1n) is 7.52. The van der Waals surface area contributed by atoms with E-state index in [0.29, 0.717) is 0 Å². The van der Waals surface area contributed by atoms with E-state index in [1.54, 1.807) is 0 Å². The number of carbonyl (C=O) groups excluding carboxylic acids is 1. The van der Waals surface area contributed by atoms with Crippen LogP contribution in [0.3, 0.4) is 0 Å². The van der Waals surface area contributed by atoms with E-state index in [-0.39, 0.29) is 18.0 Å². The average Bonchev–Trinajstić information content (AvgIpc) is 2.54. The predicted octanol–water partition coefficient (Wildman–Crippen LogP) is 4.76. The molecule has 0 fully saturated rings. The van der Waals surface area contributed by atoms with E-state index < -0.39 is 0 Å². The lowest BCUT2D eigenvalue weighted by molar-refractivity contribution is -0.152. The van der Waals surface area contributed by atoms with Gasteiger partial charge in [0.1, 0.15) is 0 Å². The summed E-state index contributed by atoms with van der Waals surface area (Å²) in [5, 5.41) is 0. The quantitative estimate of drug-likeness (QED) is 0.714. The van der Waals surface area contributed by atoms with Crippen LogP contribution in [0, 0.1) is 5.92 Å². The fourth-order valence-electron chi connectivity index (χ4n) is 2.37. The van der Waals surface area contributed by atoms with Crippen LogP contribution >= 0.6 is 0 Å². The zero-order valence-electron chi connectivity index (χ0n) is 12.7. The first kappa shape index (κ1) is 15.3. The molecule has 2 heteroatoms. The van der Waals surface area contributed by atoms with Crippen molar-refractivity contribution in [2.45, 2.75) is 32.8 Å². The van der Waals surface area contributed by atoms with Gasteiger partial charge in [0.15, 0.2) is 6.10 Å². The fourth-order valence-corrected chi connectivity index (χ4v) is 2.37. The molecule has 0 aromatic heterocycles. The first-order valence-corrected chi connectivity index (χ1v) is 7.52. The standard InChI is InChI=1S/C19H22O2/c1-3-10-15(2)19(20)21-18(16-11-6-4-7-12-16)17-13-8-5-9-14-17/h4-9,11-15,18H,3,10H2,1-2H3. The van der Waals surface area contributed by atoms with E-state index >= 15 is 0 Å². The highest BCUT2D eigenvalue weighted by atomic mass is 16.5. The van der Waals surface area contributed by atoms with Crippen LogP contribution in [-0.2, 0) is 9.53 Å². The molecule has 1 atom stereocenters. The Hall–Kier alpha value is -2.09. The Bertz CT molecular complexity index is 509. The lowest BCUT2D eigenvalue weighted by atomic mass is 10.0. The molecule has 110 valence electrons. The first-order chi connectivity index (χ1) is 10.2. The normalized spacial score (nSPS) is 12.1. The van der Waals surface area contributed by atoms with Crippen LogP contribution in [0.15, 0.2) is 60.7 Å². The summed E-state index contributed by atoms with van der Waals surface area (Å²) in [6.07, 6.45) is 1.51. The molecule has 2 rings (SSSR count). The maximum Gasteiger partial charge on any atom is 0.309 e. The van der Waals surface area contributed by atoms with Crippen molar-refractivity contribution in [3.05, 3.63) is 71.8 Å². The minimum Gasteiger partial charge on any atom is -0.452 e. The molecule has 21 heavy (non-hydrogen) atoms. The molecular weight excluding hydrogens is 260 g/mol. The second-order valence-electron chi connectivity index (χ2n) is 5.33. The summed E-state index contributed by atoms with van der Waals surface area (Å²) in [4.78, 5) is 12.3. The Balaban J connectivity index is 2.23. The van der Waals surface area contributed by atoms with Crippen molar-refractivity contribution in [1.29, 1.82) is 0 Å². The summed E-state index contributed by atoms with van der Waals surface area (Å²) in [7, 11) is 0. The second-order valence-corrected chi connectivity index (χ2v) is 5.33. The van der Waals surface area contributed by atoms with Crippen molar-refractivity contribution in [3.63, 3.8) is 0 Å². The molecule has 0 heterocycles. The lowest BCUT2D eigenvalue weighted by Crippen LogP contribution is -2.19. The van der Waals surface area contributed by atoms with E-state index in [1.807, 2.05) is 67.6 Å². The van der Waals surface area contributed by atoms with E-state index in [1.165, 1.54) is 0 Å². The molecule has 2 nitrogen and oxygen atoms in total. The second kappa shape index (κ2) is 7.63. The molecule has 2 aromatic carbocycles. The Morgan fingerprint density at radius 3 is 1.86 bits per heavy atom. The Morgan fingerprint density at radius 2 is 1.43 bits per heavy atom. The number of hydrogen-bond donors (Lipinski definition) is 0. The van der Waals surface area contributed by atoms with Gasteiger partial charge in [-0.25, -0.2) is 0 Å². The molecule has 0 N–H and O–H groups in total. The number of benzene rings is 2. The molecule has 0 saturated heterocycles. The molecular formula is C19H22O2. The maximum atomic E-state index is 12.3. The Labute approximate surface area is 126 Å². The zero-order valence-corrected chi connectivity index (χ0v) is 12.7. The average molecular weight is 282 g/mol. The maximum absolute atomic E-state index is 12.3. The van der Waals surface area contributed by atoms with Crippen LogP contribution in [0.4, 0.5) is 0 Å². The van der Waals surface area contributed by atoms with Crippen molar-refractivity contribution < 1.29 is 9.53 Å². The number of hydrogen-bond acceptors (Lipinski definition) is 2. The topological polar surface area (TPSA) is 26.3 Å². The van der Waals surface area contributed by atoms with Gasteiger partial charge in [0, 0.05) is 0 Å². The minimum absolute atomic E-state index is 0.0649. The highest BCUT2D eigenvalue weighted by Crippen LogP contribution is 2.27. The summed E-state index contributed by atoms with van der Waals surface area (Å²) >= 11 is 0. The number of ether oxygens (including phenoxy) is 1. The molecule has 0 aliphatic rings. The third-order valence-electron chi connectivity index (χ3n) is 3.56. The summed E-state index contributed by atoms with van der Waals surface area (Å²) in [5.41, 5.74) is 2.00. The van der Waals surface area contributed by atoms with E-state index in [9.17, 15) is 4.79 Å². The Kier molecular flexibility index (Phi) is 5.56. The third-order valence-corrected chi connectivity index (χ3v) is 3.56. The highest BCUT2D eigenvalue weighted by Gasteiger charge is 2.22. The zero-order chi connectivity index (χ0) is 15.1. The smallest absolute Gasteiger partial charge is 0.309 e. The van der Waals surface area contributed by atoms with E-state index in [4.69, 9.17) is 4.74 Å². The fraction of sp³-hybridized carbons (Fsp3) is 0.316. The van der Waals surface area contributed by atoms with Gasteiger partial charge in [0.05, 0.1) is 5.92 Å². The van der Waals surface area contributed by atoms with Gasteiger partial charge in [-0.1, -0.05) is 80.9 Å². The highest BCUT2D eigenvalue weighted by molar-refractivity contribution is 5.72. The summed E-state index contributed by atoms with van der Waals surface area (Å²) < 4.78 is 5.80. The van der Waals surface area contributed by atoms with Crippen molar-refractivity contribution >= 4 is 5.97 Å². The molecule has 0 saturated carbocycles. The van der Waals surface area contributed by atoms with Gasteiger partial charge >= 0.3 is 5.97 Å². The minimum atomic E-state index is -0.334. The molecule has 0 radical (unpaired) electrons. The van der Waals surface area contributed by atoms with Gasteiger partial charge in [0.2, 0.25) is 0 Å². The van der Waals surface area contributed by atoms with Crippen LogP contribution in [0.5, 0.6) is 0 Å². The molecule has 0 amide bonds. The number of esters is 1. The van der Waals surface area contributed by atoms with Crippen LogP contribution < -0.4 is 0 Å². The summed E-state index contributed by atoms with van der Waals surface area (Å²) in [5.74, 6) is -0.195. The van der Waals surface area contributed by atoms with Crippen molar-refractivity contribution in [1.82, 2.24) is 0 Å². The molecule has 0 spiro atoms. The SMILES string of the molecule is CCCC(C)C(=O)OC(c1ccccc1)c1ccccc1. The third kappa shape index (κ3) is 4.19. The molecule has 2 aromatic rings. The van der Waals surface area contributed by atoms with E-state index in [0.717, 1.165) is 24.0 Å². The van der Waals surface area contributed by atoms with Gasteiger partial charge < -0.3 is 4.74 Å². The predicted molar refractivity (Wildman–Crippen MR) is 84.9 cm³/mol. The van der Waals surface area contributed by atoms with Crippen molar-refractivity contribution in [3.8, 4) is 0 Å². The largest absolute Gasteiger partial charge is 0.452 e. The van der Waals surface area contributed by atoms with Gasteiger partial charge in [0.25, 0.3) is 0 Å². The van der Waals surface area contributed by atoms with Crippen LogP contribution in [0.25, 0.3) is 0 Å². The summed E-state index contributed by atoms with van der Waals surface area (Å²) in [6.45, 7) is 4.01. The van der Waals surface area contributed by atoms with Gasteiger partial charge in [-0.15, -0.1) is 0 Å². The van der Waals surface area contributed by atoms with E-state index in [2.05, 4.69) is 6.92 Å². The molecule has 0 aliphatic carbocycles. The van der Waals surface area contributed by atoms with Crippen molar-refractivity contribution in [2.75, 3.05) is 0 Å². The molecule has 0 bridgehead atoms. The Morgan fingerprint density at radius 1 is 0.952 bits per heavy atom. The monoisotopic (exact) mass is 282 g/mol. The van der Waals surface area contributed by atoms with Gasteiger partial charge in [-0.05, 0) is 17.5 Å². The molecule has 0 aliphatic heterocycles. The lowest BCUT2D eigenvalue weighted by Gasteiger charge is -2.21. The van der Waals surface area contributed by atoms with Gasteiger partial charge in [-0.3, -0.25) is 4.79 Å². The summed E-state index contributed by atoms with van der Waals surface area (Å²) in [6, 6.07) is 19.8. The van der Waals surface area contributed by atoms with Crippen LogP contribution in [-0.4, -0.2) is 5.97 Å². The number of carbonyl (C=O) groups is 1.